The summed E-state index contributed by atoms with van der Waals surface area (Å²) in [5, 5.41) is 14.6. The second-order valence-electron chi connectivity index (χ2n) is 5.96. The standard InChI is InChI=1S/C18H28ClNO3S/c1-3-24-14(2)11-15-12-17(21)16(18(22)13-15)7-4-5-9-20-23-10-6-8-19/h6,8-9,14-15,21H,3-5,7,10-13H2,1-2H3. The Morgan fingerprint density at radius 3 is 2.96 bits per heavy atom. The highest BCUT2D eigenvalue weighted by Gasteiger charge is 2.28. The second kappa shape index (κ2) is 12.4. The molecule has 6 heteroatoms. The molecule has 0 bridgehead atoms. The minimum absolute atomic E-state index is 0.109. The molecular formula is C18H28ClNO3S. The molecule has 0 spiro atoms. The summed E-state index contributed by atoms with van der Waals surface area (Å²) in [7, 11) is 0. The van der Waals surface area contributed by atoms with Gasteiger partial charge in [0, 0.05) is 35.4 Å². The molecule has 1 rings (SSSR count). The van der Waals surface area contributed by atoms with Crippen LogP contribution in [0.2, 0.25) is 0 Å². The predicted octanol–water partition coefficient (Wildman–Crippen LogP) is 5.23. The number of unbranched alkanes of at least 4 members (excludes halogenated alkanes) is 1. The molecule has 1 aliphatic rings. The number of aliphatic hydroxyl groups is 1. The quantitative estimate of drug-likeness (QED) is 0.306. The Morgan fingerprint density at radius 1 is 1.50 bits per heavy atom. The normalized spacial score (nSPS) is 20.3. The molecule has 0 amide bonds. The van der Waals surface area contributed by atoms with E-state index in [0.717, 1.165) is 18.6 Å². The van der Waals surface area contributed by atoms with E-state index in [-0.39, 0.29) is 11.7 Å². The van der Waals surface area contributed by atoms with Crippen molar-refractivity contribution in [2.24, 2.45) is 11.1 Å². The predicted molar refractivity (Wildman–Crippen MR) is 103 cm³/mol. The third-order valence-electron chi connectivity index (χ3n) is 3.93. The maximum atomic E-state index is 12.3. The van der Waals surface area contributed by atoms with Crippen molar-refractivity contribution in [1.82, 2.24) is 0 Å². The fourth-order valence-electron chi connectivity index (χ4n) is 2.89. The van der Waals surface area contributed by atoms with E-state index >= 15 is 0 Å². The molecule has 24 heavy (non-hydrogen) atoms. The summed E-state index contributed by atoms with van der Waals surface area (Å²) in [4.78, 5) is 17.2. The minimum Gasteiger partial charge on any atom is -0.512 e. The van der Waals surface area contributed by atoms with E-state index in [2.05, 4.69) is 19.0 Å². The van der Waals surface area contributed by atoms with Crippen LogP contribution in [0.5, 0.6) is 0 Å². The van der Waals surface area contributed by atoms with Crippen molar-refractivity contribution in [3.8, 4) is 0 Å². The van der Waals surface area contributed by atoms with E-state index in [4.69, 9.17) is 16.4 Å². The number of aliphatic hydroxyl groups excluding tert-OH is 1. The summed E-state index contributed by atoms with van der Waals surface area (Å²) in [6.07, 6.45) is 7.61. The molecule has 0 fully saturated rings. The van der Waals surface area contributed by atoms with Gasteiger partial charge in [0.25, 0.3) is 0 Å². The van der Waals surface area contributed by atoms with Crippen LogP contribution in [0, 0.1) is 5.92 Å². The van der Waals surface area contributed by atoms with E-state index in [1.807, 2.05) is 11.8 Å². The lowest BCUT2D eigenvalue weighted by atomic mass is 9.83. The molecule has 2 atom stereocenters. The van der Waals surface area contributed by atoms with Gasteiger partial charge in [0.05, 0.1) is 5.76 Å². The maximum absolute atomic E-state index is 12.3. The number of Topliss-reactive ketones (excluding diaryl/α,β-unsaturated/α-hetero) is 1. The van der Waals surface area contributed by atoms with Gasteiger partial charge in [-0.15, -0.1) is 0 Å². The van der Waals surface area contributed by atoms with Gasteiger partial charge < -0.3 is 9.94 Å². The van der Waals surface area contributed by atoms with Crippen molar-refractivity contribution in [2.75, 3.05) is 12.4 Å². The van der Waals surface area contributed by atoms with Gasteiger partial charge in [-0.05, 0) is 43.4 Å². The summed E-state index contributed by atoms with van der Waals surface area (Å²) in [6, 6.07) is 0. The number of nitrogens with zero attached hydrogens (tertiary/aromatic N) is 1. The lowest BCUT2D eigenvalue weighted by molar-refractivity contribution is -0.117. The number of carbonyl (C=O) groups is 1. The molecule has 0 saturated carbocycles. The first-order chi connectivity index (χ1) is 11.6. The van der Waals surface area contributed by atoms with Crippen molar-refractivity contribution in [3.63, 3.8) is 0 Å². The van der Waals surface area contributed by atoms with Crippen molar-refractivity contribution >= 4 is 35.4 Å². The second-order valence-corrected chi connectivity index (χ2v) is 7.93. The van der Waals surface area contributed by atoms with E-state index in [1.165, 1.54) is 5.54 Å². The smallest absolute Gasteiger partial charge is 0.162 e. The van der Waals surface area contributed by atoms with Crippen LogP contribution in [0.15, 0.2) is 28.1 Å². The van der Waals surface area contributed by atoms with Gasteiger partial charge in [0.1, 0.15) is 6.61 Å². The topological polar surface area (TPSA) is 58.9 Å². The Morgan fingerprint density at radius 2 is 2.29 bits per heavy atom. The number of hydrogen-bond acceptors (Lipinski definition) is 5. The number of rotatable bonds is 11. The molecule has 4 nitrogen and oxygen atoms in total. The molecule has 0 aromatic rings. The number of thioether (sulfide) groups is 1. The van der Waals surface area contributed by atoms with Crippen molar-refractivity contribution in [3.05, 3.63) is 22.9 Å². The van der Waals surface area contributed by atoms with E-state index < -0.39 is 0 Å². The third-order valence-corrected chi connectivity index (χ3v) is 5.20. The Hall–Kier alpha value is -0.940. The fraction of sp³-hybridized carbons (Fsp3) is 0.667. The first kappa shape index (κ1) is 21.1. The average molecular weight is 374 g/mol. The van der Waals surface area contributed by atoms with Gasteiger partial charge >= 0.3 is 0 Å². The summed E-state index contributed by atoms with van der Waals surface area (Å²) in [5.74, 6) is 1.77. The van der Waals surface area contributed by atoms with Crippen LogP contribution in [0.1, 0.15) is 52.4 Å². The van der Waals surface area contributed by atoms with Crippen LogP contribution < -0.4 is 0 Å². The molecule has 0 heterocycles. The van der Waals surface area contributed by atoms with Crippen LogP contribution >= 0.6 is 23.4 Å². The van der Waals surface area contributed by atoms with Crippen LogP contribution in [0.3, 0.4) is 0 Å². The molecule has 1 N–H and O–H groups in total. The summed E-state index contributed by atoms with van der Waals surface area (Å²) in [6.45, 7) is 4.69. The van der Waals surface area contributed by atoms with Crippen LogP contribution in [-0.4, -0.2) is 34.7 Å². The summed E-state index contributed by atoms with van der Waals surface area (Å²) < 4.78 is 0. The summed E-state index contributed by atoms with van der Waals surface area (Å²) >= 11 is 7.26. The SMILES string of the molecule is CCSC(C)CC1CC(=O)C(CCCC=NOCC=CCl)=C(O)C1. The van der Waals surface area contributed by atoms with Gasteiger partial charge in [-0.25, -0.2) is 0 Å². The van der Waals surface area contributed by atoms with Crippen LogP contribution in [0.25, 0.3) is 0 Å². The number of halogens is 1. The number of carbonyl (C=O) groups excluding carboxylic acids is 1. The lowest BCUT2D eigenvalue weighted by Gasteiger charge is -2.25. The molecule has 0 aromatic heterocycles. The van der Waals surface area contributed by atoms with Gasteiger partial charge in [0.2, 0.25) is 0 Å². The van der Waals surface area contributed by atoms with Crippen molar-refractivity contribution < 1.29 is 14.7 Å². The molecule has 2 unspecified atom stereocenters. The monoisotopic (exact) mass is 373 g/mol. The highest BCUT2D eigenvalue weighted by Crippen LogP contribution is 2.33. The zero-order chi connectivity index (χ0) is 17.8. The molecule has 0 aromatic carbocycles. The van der Waals surface area contributed by atoms with Gasteiger partial charge in [-0.1, -0.05) is 30.6 Å². The Kier molecular flexibility index (Phi) is 10.9. The number of hydrogen-bond donors (Lipinski definition) is 1. The largest absolute Gasteiger partial charge is 0.512 e. The van der Waals surface area contributed by atoms with E-state index in [1.54, 1.807) is 12.3 Å². The van der Waals surface area contributed by atoms with Crippen LogP contribution in [0.4, 0.5) is 0 Å². The molecule has 1 aliphatic carbocycles. The minimum atomic E-state index is 0.109. The van der Waals surface area contributed by atoms with Crippen molar-refractivity contribution in [1.29, 1.82) is 0 Å². The van der Waals surface area contributed by atoms with E-state index in [0.29, 0.717) is 48.9 Å². The van der Waals surface area contributed by atoms with Crippen molar-refractivity contribution in [2.45, 2.75) is 57.6 Å². The van der Waals surface area contributed by atoms with Gasteiger partial charge in [-0.2, -0.15) is 11.8 Å². The molecule has 0 aliphatic heterocycles. The zero-order valence-corrected chi connectivity index (χ0v) is 16.1. The molecule has 0 radical (unpaired) electrons. The highest BCUT2D eigenvalue weighted by molar-refractivity contribution is 7.99. The highest BCUT2D eigenvalue weighted by atomic mass is 35.5. The van der Waals surface area contributed by atoms with E-state index in [9.17, 15) is 9.90 Å². The zero-order valence-electron chi connectivity index (χ0n) is 14.5. The van der Waals surface area contributed by atoms with Gasteiger partial charge in [-0.3, -0.25) is 4.79 Å². The Bertz CT molecular complexity index is 477. The molecule has 136 valence electrons. The molecular weight excluding hydrogens is 346 g/mol. The number of allylic oxidation sites excluding steroid dienone is 2. The Labute approximate surface area is 154 Å². The Balaban J connectivity index is 2.36. The molecule has 0 saturated heterocycles. The number of ketones is 1. The van der Waals surface area contributed by atoms with Gasteiger partial charge in [0.15, 0.2) is 5.78 Å². The lowest BCUT2D eigenvalue weighted by Crippen LogP contribution is -2.22. The fourth-order valence-corrected chi connectivity index (χ4v) is 3.94. The average Bonchev–Trinajstić information content (AvgIpc) is 2.52. The number of oxime groups is 1. The van der Waals surface area contributed by atoms with Crippen LogP contribution in [-0.2, 0) is 9.63 Å². The summed E-state index contributed by atoms with van der Waals surface area (Å²) in [5.41, 5.74) is 2.00. The third kappa shape index (κ3) is 8.25. The maximum Gasteiger partial charge on any atom is 0.162 e. The first-order valence-corrected chi connectivity index (χ1v) is 10.0. The first-order valence-electron chi connectivity index (χ1n) is 8.53.